The largest absolute Gasteiger partial charge is 1.00 e. The summed E-state index contributed by atoms with van der Waals surface area (Å²) in [6.07, 6.45) is 0. The third-order valence-corrected chi connectivity index (χ3v) is 1.62. The Balaban J connectivity index is 0.000000980. The van der Waals surface area contributed by atoms with Crippen molar-refractivity contribution in [2.75, 3.05) is 0 Å². The molecule has 2 rings (SSSR count). The van der Waals surface area contributed by atoms with Crippen LogP contribution in [0.4, 0.5) is 0 Å². The van der Waals surface area contributed by atoms with Gasteiger partial charge in [0.2, 0.25) is 0 Å². The van der Waals surface area contributed by atoms with Gasteiger partial charge >= 0.3 is 35.5 Å². The fourth-order valence-electron chi connectivity index (χ4n) is 0.900. The SMILES string of the molecule is O=C(O)c1nnc2ccc(Cl)nn12.[Na+]. The second kappa shape index (κ2) is 4.22. The molecule has 0 aliphatic rings. The number of carbonyl (C=O) groups is 1. The van der Waals surface area contributed by atoms with Gasteiger partial charge in [-0.15, -0.1) is 10.2 Å². The summed E-state index contributed by atoms with van der Waals surface area (Å²) in [5.74, 6) is -1.44. The van der Waals surface area contributed by atoms with Crippen molar-refractivity contribution in [3.05, 3.63) is 23.1 Å². The van der Waals surface area contributed by atoms with Crippen molar-refractivity contribution >= 4 is 23.2 Å². The van der Waals surface area contributed by atoms with Crippen LogP contribution in [0.1, 0.15) is 10.6 Å². The van der Waals surface area contributed by atoms with Crippen molar-refractivity contribution in [1.29, 1.82) is 0 Å². The van der Waals surface area contributed by atoms with Crippen LogP contribution in [-0.4, -0.2) is 30.9 Å². The topological polar surface area (TPSA) is 80.4 Å². The van der Waals surface area contributed by atoms with Gasteiger partial charge in [-0.25, -0.2) is 4.79 Å². The molecule has 0 atom stereocenters. The third-order valence-electron chi connectivity index (χ3n) is 1.42. The first-order chi connectivity index (χ1) is 6.18. The number of rotatable bonds is 1. The van der Waals surface area contributed by atoms with Crippen LogP contribution < -0.4 is 29.6 Å². The molecule has 2 aromatic heterocycles. The number of nitrogens with zero attached hydrogens (tertiary/aromatic N) is 4. The van der Waals surface area contributed by atoms with E-state index in [0.29, 0.717) is 5.65 Å². The third kappa shape index (κ3) is 1.88. The number of carboxylic acid groups (broad SMARTS) is 1. The van der Waals surface area contributed by atoms with Gasteiger partial charge in [0.25, 0.3) is 5.82 Å². The number of aromatic nitrogens is 4. The molecule has 1 N–H and O–H groups in total. The van der Waals surface area contributed by atoms with E-state index in [1.165, 1.54) is 12.1 Å². The minimum atomic E-state index is -1.19. The van der Waals surface area contributed by atoms with E-state index in [1.54, 1.807) is 0 Å². The molecule has 0 saturated carbocycles. The molecule has 8 heteroatoms. The monoisotopic (exact) mass is 221 g/mol. The van der Waals surface area contributed by atoms with Crippen LogP contribution in [0, 0.1) is 0 Å². The first kappa shape index (κ1) is 11.4. The molecule has 0 unspecified atom stereocenters. The van der Waals surface area contributed by atoms with E-state index < -0.39 is 5.97 Å². The Morgan fingerprint density at radius 2 is 2.14 bits per heavy atom. The molecular formula is C6H3ClN4NaO2+. The summed E-state index contributed by atoms with van der Waals surface area (Å²) < 4.78 is 1.07. The van der Waals surface area contributed by atoms with Gasteiger partial charge in [-0.3, -0.25) is 0 Å². The Morgan fingerprint density at radius 3 is 2.79 bits per heavy atom. The smallest absolute Gasteiger partial charge is 0.475 e. The number of carboxylic acids is 1. The molecule has 0 aliphatic carbocycles. The second-order valence-electron chi connectivity index (χ2n) is 2.25. The molecule has 2 aromatic rings. The zero-order valence-electron chi connectivity index (χ0n) is 7.18. The molecule has 0 fully saturated rings. The van der Waals surface area contributed by atoms with E-state index in [0.717, 1.165) is 4.52 Å². The van der Waals surface area contributed by atoms with E-state index in [2.05, 4.69) is 15.3 Å². The summed E-state index contributed by atoms with van der Waals surface area (Å²) in [5.41, 5.74) is 0.349. The molecular weight excluding hydrogens is 219 g/mol. The Hall–Kier alpha value is -0.690. The Bertz CT molecular complexity index is 486. The van der Waals surface area contributed by atoms with E-state index >= 15 is 0 Å². The van der Waals surface area contributed by atoms with E-state index in [4.69, 9.17) is 16.7 Å². The predicted octanol–water partition coefficient (Wildman–Crippen LogP) is -2.52. The van der Waals surface area contributed by atoms with Crippen LogP contribution in [0.2, 0.25) is 5.15 Å². The first-order valence-electron chi connectivity index (χ1n) is 3.30. The molecule has 0 aliphatic heterocycles. The fraction of sp³-hybridized carbons (Fsp3) is 0. The van der Waals surface area contributed by atoms with Crippen LogP contribution in [0.3, 0.4) is 0 Å². The maximum atomic E-state index is 10.6. The molecule has 66 valence electrons. The van der Waals surface area contributed by atoms with Crippen LogP contribution in [0.25, 0.3) is 5.65 Å². The van der Waals surface area contributed by atoms with Crippen molar-refractivity contribution in [2.24, 2.45) is 0 Å². The number of halogens is 1. The molecule has 0 amide bonds. The second-order valence-corrected chi connectivity index (χ2v) is 2.64. The molecule has 0 radical (unpaired) electrons. The standard InChI is InChI=1S/C6H3ClN4O2.Na/c7-3-1-2-4-8-9-5(6(12)13)11(4)10-3;/h1-2H,(H,12,13);/q;+1. The molecule has 0 aromatic carbocycles. The van der Waals surface area contributed by atoms with Crippen molar-refractivity contribution in [1.82, 2.24) is 19.8 Å². The van der Waals surface area contributed by atoms with E-state index in [-0.39, 0.29) is 40.5 Å². The van der Waals surface area contributed by atoms with Gasteiger partial charge in [0, 0.05) is 0 Å². The average molecular weight is 222 g/mol. The zero-order valence-corrected chi connectivity index (χ0v) is 9.93. The fourth-order valence-corrected chi connectivity index (χ4v) is 1.04. The van der Waals surface area contributed by atoms with Gasteiger partial charge in [-0.2, -0.15) is 9.61 Å². The van der Waals surface area contributed by atoms with E-state index in [9.17, 15) is 4.79 Å². The molecule has 0 spiro atoms. The van der Waals surface area contributed by atoms with Gasteiger partial charge in [0.15, 0.2) is 5.65 Å². The average Bonchev–Trinajstić information content (AvgIpc) is 2.46. The normalized spacial score (nSPS) is 9.79. The summed E-state index contributed by atoms with van der Waals surface area (Å²) in [5, 5.41) is 19.6. The van der Waals surface area contributed by atoms with Crippen LogP contribution in [0.5, 0.6) is 0 Å². The van der Waals surface area contributed by atoms with Gasteiger partial charge in [-0.1, -0.05) is 11.6 Å². The quantitative estimate of drug-likeness (QED) is 0.538. The van der Waals surface area contributed by atoms with Crippen molar-refractivity contribution < 1.29 is 39.5 Å². The molecule has 0 saturated heterocycles. The molecule has 14 heavy (non-hydrogen) atoms. The first-order valence-corrected chi connectivity index (χ1v) is 3.67. The van der Waals surface area contributed by atoms with E-state index in [1.807, 2.05) is 0 Å². The number of hydrogen-bond acceptors (Lipinski definition) is 4. The minimum Gasteiger partial charge on any atom is -0.475 e. The molecule has 2 heterocycles. The van der Waals surface area contributed by atoms with Gasteiger partial charge < -0.3 is 5.11 Å². The summed E-state index contributed by atoms with van der Waals surface area (Å²) in [4.78, 5) is 10.6. The summed E-state index contributed by atoms with van der Waals surface area (Å²) in [7, 11) is 0. The molecule has 6 nitrogen and oxygen atoms in total. The summed E-state index contributed by atoms with van der Waals surface area (Å²) in [6.45, 7) is 0. The maximum Gasteiger partial charge on any atom is 1.00 e. The Labute approximate surface area is 105 Å². The summed E-state index contributed by atoms with van der Waals surface area (Å²) >= 11 is 5.57. The number of fused-ring (bicyclic) bond motifs is 1. The van der Waals surface area contributed by atoms with Crippen molar-refractivity contribution in [3.63, 3.8) is 0 Å². The zero-order chi connectivity index (χ0) is 9.42. The number of aromatic carboxylic acids is 1. The Kier molecular flexibility index (Phi) is 3.43. The van der Waals surface area contributed by atoms with Crippen LogP contribution in [0.15, 0.2) is 12.1 Å². The minimum absolute atomic E-state index is 0. The van der Waals surface area contributed by atoms with Crippen LogP contribution >= 0.6 is 11.6 Å². The summed E-state index contributed by atoms with van der Waals surface area (Å²) in [6, 6.07) is 3.05. The van der Waals surface area contributed by atoms with Crippen LogP contribution in [-0.2, 0) is 0 Å². The maximum absolute atomic E-state index is 10.6. The number of hydrogen-bond donors (Lipinski definition) is 1. The van der Waals surface area contributed by atoms with Gasteiger partial charge in [0.1, 0.15) is 5.15 Å². The Morgan fingerprint density at radius 1 is 1.43 bits per heavy atom. The van der Waals surface area contributed by atoms with Gasteiger partial charge in [0.05, 0.1) is 0 Å². The van der Waals surface area contributed by atoms with Crippen molar-refractivity contribution in [3.8, 4) is 0 Å². The molecule has 0 bridgehead atoms. The van der Waals surface area contributed by atoms with Gasteiger partial charge in [-0.05, 0) is 12.1 Å². The van der Waals surface area contributed by atoms with Crippen molar-refractivity contribution in [2.45, 2.75) is 0 Å². The predicted molar refractivity (Wildman–Crippen MR) is 42.8 cm³/mol.